The molecule has 2 nitrogen and oxygen atoms in total. The summed E-state index contributed by atoms with van der Waals surface area (Å²) in [7, 11) is 0. The average Bonchev–Trinajstić information content (AvgIpc) is 2.20. The smallest absolute Gasteiger partial charge is 0.0587 e. The van der Waals surface area contributed by atoms with Crippen molar-refractivity contribution in [3.05, 3.63) is 35.9 Å². The van der Waals surface area contributed by atoms with Crippen LogP contribution in [0, 0.1) is 5.41 Å². The molecule has 1 aliphatic carbocycles. The number of hydrogen-bond acceptors (Lipinski definition) is 2. The summed E-state index contributed by atoms with van der Waals surface area (Å²) in [6.45, 7) is 3.30. The Morgan fingerprint density at radius 1 is 1.19 bits per heavy atom. The van der Waals surface area contributed by atoms with E-state index >= 15 is 0 Å². The zero-order valence-corrected chi connectivity index (χ0v) is 9.61. The van der Waals surface area contributed by atoms with E-state index in [1.165, 1.54) is 31.5 Å². The van der Waals surface area contributed by atoms with Crippen LogP contribution in [-0.2, 0) is 11.2 Å². The molecule has 1 N–H and O–H groups in total. The Hall–Kier alpha value is -0.860. The van der Waals surface area contributed by atoms with Crippen LogP contribution in [0.15, 0.2) is 30.3 Å². The number of hydrogen-bond donors (Lipinski definition) is 1. The molecule has 1 saturated carbocycles. The van der Waals surface area contributed by atoms with Crippen molar-refractivity contribution in [2.24, 2.45) is 5.41 Å². The van der Waals surface area contributed by atoms with Crippen molar-refractivity contribution in [1.82, 2.24) is 5.32 Å². The van der Waals surface area contributed by atoms with Crippen LogP contribution in [0.2, 0.25) is 0 Å². The van der Waals surface area contributed by atoms with Crippen molar-refractivity contribution in [1.29, 1.82) is 0 Å². The van der Waals surface area contributed by atoms with E-state index in [0.717, 1.165) is 13.0 Å². The second kappa shape index (κ2) is 4.19. The first-order valence-electron chi connectivity index (χ1n) is 6.23. The van der Waals surface area contributed by atoms with Crippen LogP contribution in [0.25, 0.3) is 0 Å². The van der Waals surface area contributed by atoms with Gasteiger partial charge in [0.25, 0.3) is 0 Å². The lowest BCUT2D eigenvalue weighted by atomic mass is 9.63. The molecule has 0 bridgehead atoms. The van der Waals surface area contributed by atoms with Gasteiger partial charge in [-0.2, -0.15) is 0 Å². The summed E-state index contributed by atoms with van der Waals surface area (Å²) in [5.74, 6) is 0. The second-order valence-corrected chi connectivity index (χ2v) is 5.24. The molecule has 0 atom stereocenters. The third kappa shape index (κ3) is 2.00. The van der Waals surface area contributed by atoms with Gasteiger partial charge in [-0.05, 0) is 24.8 Å². The zero-order valence-electron chi connectivity index (χ0n) is 9.61. The van der Waals surface area contributed by atoms with Gasteiger partial charge in [0.15, 0.2) is 0 Å². The van der Waals surface area contributed by atoms with Gasteiger partial charge in [-0.25, -0.2) is 0 Å². The van der Waals surface area contributed by atoms with Gasteiger partial charge in [-0.1, -0.05) is 30.3 Å². The predicted octanol–water partition coefficient (Wildman–Crippen LogP) is 2.00. The number of benzene rings is 1. The first kappa shape index (κ1) is 10.3. The molecular weight excluding hydrogens is 198 g/mol. The van der Waals surface area contributed by atoms with Crippen LogP contribution in [0.3, 0.4) is 0 Å². The summed E-state index contributed by atoms with van der Waals surface area (Å²) in [6, 6.07) is 10.6. The van der Waals surface area contributed by atoms with Gasteiger partial charge in [0, 0.05) is 18.5 Å². The van der Waals surface area contributed by atoms with E-state index in [0.29, 0.717) is 11.5 Å². The normalized spacial score (nSPS) is 22.8. The van der Waals surface area contributed by atoms with Crippen molar-refractivity contribution < 1.29 is 4.74 Å². The topological polar surface area (TPSA) is 21.3 Å². The van der Waals surface area contributed by atoms with E-state index in [1.54, 1.807) is 0 Å². The fourth-order valence-corrected chi connectivity index (χ4v) is 2.78. The molecule has 1 aromatic rings. The molecule has 16 heavy (non-hydrogen) atoms. The van der Waals surface area contributed by atoms with E-state index in [9.17, 15) is 0 Å². The van der Waals surface area contributed by atoms with Gasteiger partial charge in [0.1, 0.15) is 0 Å². The minimum absolute atomic E-state index is 0.533. The van der Waals surface area contributed by atoms with Crippen LogP contribution >= 0.6 is 0 Å². The largest absolute Gasteiger partial charge is 0.378 e. The van der Waals surface area contributed by atoms with Crippen LogP contribution in [0.1, 0.15) is 18.4 Å². The van der Waals surface area contributed by atoms with E-state index in [4.69, 9.17) is 4.74 Å². The highest BCUT2D eigenvalue weighted by Gasteiger charge is 2.48. The first-order chi connectivity index (χ1) is 7.86. The maximum Gasteiger partial charge on any atom is 0.0587 e. The predicted molar refractivity (Wildman–Crippen MR) is 64.4 cm³/mol. The van der Waals surface area contributed by atoms with Gasteiger partial charge >= 0.3 is 0 Å². The molecule has 0 unspecified atom stereocenters. The van der Waals surface area contributed by atoms with Crippen LogP contribution in [-0.4, -0.2) is 25.8 Å². The molecule has 1 aromatic carbocycles. The van der Waals surface area contributed by atoms with Crippen molar-refractivity contribution in [2.75, 3.05) is 19.7 Å². The Balaban J connectivity index is 1.36. The summed E-state index contributed by atoms with van der Waals surface area (Å²) in [5, 5.41) is 3.35. The van der Waals surface area contributed by atoms with Crippen molar-refractivity contribution in [2.45, 2.75) is 25.4 Å². The molecule has 2 aliphatic rings. The van der Waals surface area contributed by atoms with Crippen LogP contribution < -0.4 is 5.32 Å². The highest BCUT2D eigenvalue weighted by molar-refractivity contribution is 5.14. The van der Waals surface area contributed by atoms with Crippen molar-refractivity contribution in [3.63, 3.8) is 0 Å². The number of nitrogens with one attached hydrogen (secondary N) is 1. The SMILES string of the molecule is c1ccc(CCOC2CC3(CNC3)C2)cc1. The lowest BCUT2D eigenvalue weighted by molar-refractivity contribution is -0.102. The van der Waals surface area contributed by atoms with Crippen molar-refractivity contribution >= 4 is 0 Å². The Labute approximate surface area is 97.0 Å². The van der Waals surface area contributed by atoms with Gasteiger partial charge in [0.2, 0.25) is 0 Å². The zero-order chi connectivity index (χ0) is 10.8. The molecular formula is C14H19NO. The van der Waals surface area contributed by atoms with Crippen LogP contribution in [0.5, 0.6) is 0 Å². The lowest BCUT2D eigenvalue weighted by Crippen LogP contribution is -2.62. The lowest BCUT2D eigenvalue weighted by Gasteiger charge is -2.54. The van der Waals surface area contributed by atoms with E-state index in [-0.39, 0.29) is 0 Å². The number of rotatable bonds is 4. The summed E-state index contributed by atoms with van der Waals surface area (Å²) in [4.78, 5) is 0. The van der Waals surface area contributed by atoms with Gasteiger partial charge < -0.3 is 10.1 Å². The summed E-state index contributed by atoms with van der Waals surface area (Å²) in [6.07, 6.45) is 4.12. The maximum absolute atomic E-state index is 5.89. The number of ether oxygens (including phenoxy) is 1. The standard InChI is InChI=1S/C14H19NO/c1-2-4-12(5-3-1)6-7-16-13-8-14(9-13)10-15-11-14/h1-5,13,15H,6-11H2. The second-order valence-electron chi connectivity index (χ2n) is 5.24. The van der Waals surface area contributed by atoms with E-state index < -0.39 is 0 Å². The third-order valence-electron chi connectivity index (χ3n) is 3.91. The molecule has 0 amide bonds. The Morgan fingerprint density at radius 2 is 1.94 bits per heavy atom. The van der Waals surface area contributed by atoms with Crippen LogP contribution in [0.4, 0.5) is 0 Å². The van der Waals surface area contributed by atoms with E-state index in [1.807, 2.05) is 0 Å². The molecule has 2 fully saturated rings. The highest BCUT2D eigenvalue weighted by atomic mass is 16.5. The van der Waals surface area contributed by atoms with Gasteiger partial charge in [0.05, 0.1) is 12.7 Å². The Bertz CT molecular complexity index is 337. The van der Waals surface area contributed by atoms with Crippen molar-refractivity contribution in [3.8, 4) is 0 Å². The molecule has 1 heterocycles. The molecule has 1 aliphatic heterocycles. The Morgan fingerprint density at radius 3 is 2.56 bits per heavy atom. The molecule has 0 radical (unpaired) electrons. The summed E-state index contributed by atoms with van der Waals surface area (Å²) in [5.41, 5.74) is 2.01. The quantitative estimate of drug-likeness (QED) is 0.833. The molecule has 1 saturated heterocycles. The fourth-order valence-electron chi connectivity index (χ4n) is 2.78. The fraction of sp³-hybridized carbons (Fsp3) is 0.571. The minimum atomic E-state index is 0.533. The first-order valence-corrected chi connectivity index (χ1v) is 6.23. The minimum Gasteiger partial charge on any atom is -0.378 e. The van der Waals surface area contributed by atoms with Gasteiger partial charge in [-0.3, -0.25) is 0 Å². The molecule has 2 heteroatoms. The van der Waals surface area contributed by atoms with Gasteiger partial charge in [-0.15, -0.1) is 0 Å². The molecule has 86 valence electrons. The average molecular weight is 217 g/mol. The highest BCUT2D eigenvalue weighted by Crippen LogP contribution is 2.45. The Kier molecular flexibility index (Phi) is 2.70. The molecule has 1 spiro atoms. The third-order valence-corrected chi connectivity index (χ3v) is 3.91. The molecule has 0 aromatic heterocycles. The monoisotopic (exact) mass is 217 g/mol. The maximum atomic E-state index is 5.89. The summed E-state index contributed by atoms with van der Waals surface area (Å²) < 4.78 is 5.89. The summed E-state index contributed by atoms with van der Waals surface area (Å²) >= 11 is 0. The van der Waals surface area contributed by atoms with E-state index in [2.05, 4.69) is 35.6 Å². The molecule has 3 rings (SSSR count).